The number of carbonyl (C=O) groups is 1. The van der Waals surface area contributed by atoms with Crippen LogP contribution in [0.1, 0.15) is 23.2 Å². The maximum Gasteiger partial charge on any atom is 0.166 e. The summed E-state index contributed by atoms with van der Waals surface area (Å²) in [4.78, 5) is 13.9. The third-order valence-electron chi connectivity index (χ3n) is 2.74. The first-order valence-electron chi connectivity index (χ1n) is 5.60. The average Bonchev–Trinajstić information content (AvgIpc) is 2.39. The van der Waals surface area contributed by atoms with Crippen molar-refractivity contribution in [3.8, 4) is 5.75 Å². The molecule has 0 bridgehead atoms. The Hall–Kier alpha value is -1.35. The highest BCUT2D eigenvalue weighted by atomic mass is 16.5. The molecule has 0 fully saturated rings. The summed E-state index contributed by atoms with van der Waals surface area (Å²) in [6, 6.07) is 7.51. The molecule has 1 unspecified atom stereocenters. The molecule has 2 rings (SSSR count). The van der Waals surface area contributed by atoms with Crippen LogP contribution in [0.25, 0.3) is 0 Å². The van der Waals surface area contributed by atoms with Gasteiger partial charge in [-0.3, -0.25) is 4.79 Å². The fourth-order valence-electron chi connectivity index (χ4n) is 2.00. The number of nitrogens with zero attached hydrogens (tertiary/aromatic N) is 1. The van der Waals surface area contributed by atoms with Crippen molar-refractivity contribution in [2.45, 2.75) is 18.9 Å². The van der Waals surface area contributed by atoms with Crippen LogP contribution in [0, 0.1) is 0 Å². The van der Waals surface area contributed by atoms with Gasteiger partial charge in [-0.25, -0.2) is 0 Å². The smallest absolute Gasteiger partial charge is 0.166 e. The zero-order valence-corrected chi connectivity index (χ0v) is 9.77. The van der Waals surface area contributed by atoms with Gasteiger partial charge in [-0.05, 0) is 32.6 Å². The lowest BCUT2D eigenvalue weighted by molar-refractivity contribution is 0.0972. The minimum atomic E-state index is 0.114. The summed E-state index contributed by atoms with van der Waals surface area (Å²) in [7, 11) is 4.03. The third-order valence-corrected chi connectivity index (χ3v) is 2.74. The molecule has 1 aromatic rings. The van der Waals surface area contributed by atoms with E-state index in [2.05, 4.69) is 4.90 Å². The standard InChI is InChI=1S/C13H17NO2/c1-14(2)9-10-7-8-12(15)11-5-3-4-6-13(11)16-10/h3-6,10H,7-9H2,1-2H3. The lowest BCUT2D eigenvalue weighted by Crippen LogP contribution is -2.30. The average molecular weight is 219 g/mol. The van der Waals surface area contributed by atoms with E-state index in [9.17, 15) is 4.79 Å². The second kappa shape index (κ2) is 4.66. The highest BCUT2D eigenvalue weighted by Gasteiger charge is 2.22. The Bertz CT molecular complexity index is 387. The lowest BCUT2D eigenvalue weighted by atomic mass is 10.1. The largest absolute Gasteiger partial charge is 0.488 e. The molecular formula is C13H17NO2. The summed E-state index contributed by atoms with van der Waals surface area (Å²) in [5.41, 5.74) is 0.726. The van der Waals surface area contributed by atoms with Gasteiger partial charge >= 0.3 is 0 Å². The number of fused-ring (bicyclic) bond motifs is 1. The number of hydrogen-bond donors (Lipinski definition) is 0. The third kappa shape index (κ3) is 2.42. The Kier molecular flexibility index (Phi) is 3.25. The number of likely N-dealkylation sites (N-methyl/N-ethyl adjacent to an activating group) is 1. The van der Waals surface area contributed by atoms with Gasteiger partial charge in [-0.1, -0.05) is 12.1 Å². The summed E-state index contributed by atoms with van der Waals surface area (Å²) < 4.78 is 5.88. The number of para-hydroxylation sites is 1. The Morgan fingerprint density at radius 2 is 2.12 bits per heavy atom. The molecule has 1 aliphatic rings. The van der Waals surface area contributed by atoms with E-state index in [0.29, 0.717) is 6.42 Å². The molecule has 1 aliphatic heterocycles. The molecule has 16 heavy (non-hydrogen) atoms. The molecule has 0 spiro atoms. The molecule has 1 aromatic carbocycles. The first-order chi connectivity index (χ1) is 7.66. The maximum atomic E-state index is 11.8. The molecule has 1 atom stereocenters. The normalized spacial score (nSPS) is 20.2. The van der Waals surface area contributed by atoms with E-state index in [1.54, 1.807) is 0 Å². The summed E-state index contributed by atoms with van der Waals surface area (Å²) in [5, 5.41) is 0. The molecule has 0 saturated carbocycles. The van der Waals surface area contributed by atoms with Crippen molar-refractivity contribution >= 4 is 5.78 Å². The molecule has 0 radical (unpaired) electrons. The predicted molar refractivity (Wildman–Crippen MR) is 63.0 cm³/mol. The molecule has 0 aromatic heterocycles. The van der Waals surface area contributed by atoms with Gasteiger partial charge < -0.3 is 9.64 Å². The number of hydrogen-bond acceptors (Lipinski definition) is 3. The van der Waals surface area contributed by atoms with E-state index >= 15 is 0 Å². The van der Waals surface area contributed by atoms with Crippen LogP contribution in [0.15, 0.2) is 24.3 Å². The van der Waals surface area contributed by atoms with Crippen molar-refractivity contribution in [3.63, 3.8) is 0 Å². The monoisotopic (exact) mass is 219 g/mol. The SMILES string of the molecule is CN(C)CC1CCC(=O)c2ccccc2O1. The molecule has 0 saturated heterocycles. The number of rotatable bonds is 2. The molecule has 3 nitrogen and oxygen atoms in total. The Balaban J connectivity index is 2.21. The molecule has 1 heterocycles. The topological polar surface area (TPSA) is 29.5 Å². The van der Waals surface area contributed by atoms with Crippen LogP contribution in [0.4, 0.5) is 0 Å². The van der Waals surface area contributed by atoms with Crippen LogP contribution in [-0.4, -0.2) is 37.4 Å². The van der Waals surface area contributed by atoms with Gasteiger partial charge in [0.05, 0.1) is 5.56 Å². The lowest BCUT2D eigenvalue weighted by Gasteiger charge is -2.20. The van der Waals surface area contributed by atoms with Crippen molar-refractivity contribution in [1.82, 2.24) is 4.90 Å². The van der Waals surface area contributed by atoms with Gasteiger partial charge in [0.2, 0.25) is 0 Å². The first kappa shape index (κ1) is 11.1. The molecule has 86 valence electrons. The van der Waals surface area contributed by atoms with Crippen molar-refractivity contribution < 1.29 is 9.53 Å². The maximum absolute atomic E-state index is 11.8. The van der Waals surface area contributed by atoms with Gasteiger partial charge in [0, 0.05) is 13.0 Å². The van der Waals surface area contributed by atoms with Crippen molar-refractivity contribution in [2.24, 2.45) is 0 Å². The Morgan fingerprint density at radius 1 is 1.38 bits per heavy atom. The molecule has 3 heteroatoms. The Morgan fingerprint density at radius 3 is 2.88 bits per heavy atom. The zero-order chi connectivity index (χ0) is 11.5. The molecule has 0 N–H and O–H groups in total. The van der Waals surface area contributed by atoms with Gasteiger partial charge in [-0.15, -0.1) is 0 Å². The fourth-order valence-corrected chi connectivity index (χ4v) is 2.00. The second-order valence-electron chi connectivity index (χ2n) is 4.46. The van der Waals surface area contributed by atoms with Crippen molar-refractivity contribution in [1.29, 1.82) is 0 Å². The molecular weight excluding hydrogens is 202 g/mol. The Labute approximate surface area is 96.0 Å². The van der Waals surface area contributed by atoms with E-state index < -0.39 is 0 Å². The van der Waals surface area contributed by atoms with E-state index in [4.69, 9.17) is 4.74 Å². The van der Waals surface area contributed by atoms with Crippen LogP contribution >= 0.6 is 0 Å². The van der Waals surface area contributed by atoms with E-state index in [1.807, 2.05) is 38.4 Å². The highest BCUT2D eigenvalue weighted by Crippen LogP contribution is 2.26. The van der Waals surface area contributed by atoms with Crippen LogP contribution < -0.4 is 4.74 Å². The summed E-state index contributed by atoms with van der Waals surface area (Å²) in [5.74, 6) is 0.925. The quantitative estimate of drug-likeness (QED) is 0.761. The van der Waals surface area contributed by atoms with Gasteiger partial charge in [-0.2, -0.15) is 0 Å². The summed E-state index contributed by atoms with van der Waals surface area (Å²) >= 11 is 0. The van der Waals surface area contributed by atoms with Gasteiger partial charge in [0.1, 0.15) is 11.9 Å². The minimum absolute atomic E-state index is 0.114. The molecule has 0 amide bonds. The summed E-state index contributed by atoms with van der Waals surface area (Å²) in [6.07, 6.45) is 1.49. The zero-order valence-electron chi connectivity index (χ0n) is 9.77. The number of Topliss-reactive ketones (excluding diaryl/α,β-unsaturated/α-hetero) is 1. The number of benzene rings is 1. The van der Waals surface area contributed by atoms with Crippen molar-refractivity contribution in [2.75, 3.05) is 20.6 Å². The van der Waals surface area contributed by atoms with Crippen LogP contribution in [0.2, 0.25) is 0 Å². The van der Waals surface area contributed by atoms with E-state index in [0.717, 1.165) is 24.3 Å². The second-order valence-corrected chi connectivity index (χ2v) is 4.46. The number of ether oxygens (including phenoxy) is 1. The minimum Gasteiger partial charge on any atom is -0.488 e. The van der Waals surface area contributed by atoms with Gasteiger partial charge in [0.25, 0.3) is 0 Å². The van der Waals surface area contributed by atoms with Gasteiger partial charge in [0.15, 0.2) is 5.78 Å². The van der Waals surface area contributed by atoms with E-state index in [1.165, 1.54) is 0 Å². The molecule has 0 aliphatic carbocycles. The van der Waals surface area contributed by atoms with Crippen molar-refractivity contribution in [3.05, 3.63) is 29.8 Å². The van der Waals surface area contributed by atoms with Crippen LogP contribution in [0.3, 0.4) is 0 Å². The summed E-state index contributed by atoms with van der Waals surface area (Å²) in [6.45, 7) is 0.849. The fraction of sp³-hybridized carbons (Fsp3) is 0.462. The van der Waals surface area contributed by atoms with Crippen LogP contribution in [-0.2, 0) is 0 Å². The first-order valence-corrected chi connectivity index (χ1v) is 5.60. The highest BCUT2D eigenvalue weighted by molar-refractivity contribution is 5.98. The van der Waals surface area contributed by atoms with E-state index in [-0.39, 0.29) is 11.9 Å². The number of ketones is 1. The van der Waals surface area contributed by atoms with Crippen LogP contribution in [0.5, 0.6) is 5.75 Å². The predicted octanol–water partition coefficient (Wildman–Crippen LogP) is 1.97. The number of carbonyl (C=O) groups excluding carboxylic acids is 1.